The molecule has 1 aliphatic rings. The maximum atomic E-state index is 13.1. The Balaban J connectivity index is 2.18. The number of amides is 1. The molecule has 1 amide bonds. The second-order valence-electron chi connectivity index (χ2n) is 8.93. The van der Waals surface area contributed by atoms with Gasteiger partial charge in [0, 0.05) is 25.0 Å². The van der Waals surface area contributed by atoms with Gasteiger partial charge in [0.15, 0.2) is 5.54 Å². The van der Waals surface area contributed by atoms with Crippen molar-refractivity contribution in [3.05, 3.63) is 29.8 Å². The van der Waals surface area contributed by atoms with Crippen molar-refractivity contribution in [1.82, 2.24) is 10.9 Å². The fourth-order valence-electron chi connectivity index (χ4n) is 3.04. The van der Waals surface area contributed by atoms with Gasteiger partial charge in [0.1, 0.15) is 18.0 Å². The van der Waals surface area contributed by atoms with Crippen molar-refractivity contribution in [2.75, 3.05) is 33.0 Å². The summed E-state index contributed by atoms with van der Waals surface area (Å²) >= 11 is 0. The molecule has 11 heteroatoms. The third-order valence-electron chi connectivity index (χ3n) is 4.85. The van der Waals surface area contributed by atoms with Gasteiger partial charge in [-0.15, -0.1) is 0 Å². The van der Waals surface area contributed by atoms with Crippen molar-refractivity contribution in [2.45, 2.75) is 57.2 Å². The van der Waals surface area contributed by atoms with Gasteiger partial charge >= 0.3 is 5.97 Å². The van der Waals surface area contributed by atoms with Crippen LogP contribution in [0.3, 0.4) is 0 Å². The molecule has 0 aliphatic carbocycles. The molecule has 0 spiro atoms. The number of ether oxygens (including phenoxy) is 3. The zero-order valence-electron chi connectivity index (χ0n) is 19.9. The molecule has 0 unspecified atom stereocenters. The van der Waals surface area contributed by atoms with E-state index in [1.54, 1.807) is 45.0 Å². The number of esters is 1. The molecule has 11 nitrogen and oxygen atoms in total. The lowest BCUT2D eigenvalue weighted by molar-refractivity contribution is -0.155. The number of hydrogen-bond donors (Lipinski definition) is 5. The molecular formula is C23H35N3O8. The SMILES string of the molecule is CC(C)(C)OC(=O)CC[C@@]1(C(=O)NNC(CO)CO)COC(c2ccc(OCCCO)cc2)=N1. The Kier molecular flexibility index (Phi) is 10.2. The van der Waals surface area contributed by atoms with Crippen molar-refractivity contribution in [3.63, 3.8) is 0 Å². The first-order valence-electron chi connectivity index (χ1n) is 11.2. The number of hydrazine groups is 1. The van der Waals surface area contributed by atoms with Gasteiger partial charge in [-0.1, -0.05) is 0 Å². The Hall–Kier alpha value is -2.73. The number of aliphatic imine (C=N–C) groups is 1. The third-order valence-corrected chi connectivity index (χ3v) is 4.85. The summed E-state index contributed by atoms with van der Waals surface area (Å²) in [5.41, 5.74) is 3.57. The number of aliphatic hydroxyl groups is 3. The molecule has 1 aromatic rings. The van der Waals surface area contributed by atoms with E-state index in [2.05, 4.69) is 15.8 Å². The minimum atomic E-state index is -1.41. The minimum Gasteiger partial charge on any atom is -0.494 e. The highest BCUT2D eigenvalue weighted by Gasteiger charge is 2.45. The summed E-state index contributed by atoms with van der Waals surface area (Å²) in [6.07, 6.45) is 0.490. The molecule has 34 heavy (non-hydrogen) atoms. The van der Waals surface area contributed by atoms with Gasteiger partial charge in [0.2, 0.25) is 5.90 Å². The van der Waals surface area contributed by atoms with E-state index >= 15 is 0 Å². The van der Waals surface area contributed by atoms with Crippen LogP contribution in [0.4, 0.5) is 0 Å². The Bertz CT molecular complexity index is 834. The molecule has 1 atom stereocenters. The van der Waals surface area contributed by atoms with E-state index in [4.69, 9.17) is 19.3 Å². The first kappa shape index (κ1) is 27.5. The summed E-state index contributed by atoms with van der Waals surface area (Å²) in [6, 6.07) is 6.18. The van der Waals surface area contributed by atoms with Gasteiger partial charge in [0.05, 0.1) is 25.9 Å². The highest BCUT2D eigenvalue weighted by atomic mass is 16.6. The van der Waals surface area contributed by atoms with Gasteiger partial charge in [-0.05, 0) is 51.5 Å². The van der Waals surface area contributed by atoms with Crippen LogP contribution in [0.25, 0.3) is 0 Å². The van der Waals surface area contributed by atoms with E-state index in [0.29, 0.717) is 24.3 Å². The highest BCUT2D eigenvalue weighted by molar-refractivity contribution is 6.00. The Morgan fingerprint density at radius 1 is 1.18 bits per heavy atom. The van der Waals surface area contributed by atoms with Gasteiger partial charge in [-0.3, -0.25) is 15.0 Å². The van der Waals surface area contributed by atoms with Crippen LogP contribution in [0.2, 0.25) is 0 Å². The predicted octanol–water partition coefficient (Wildman–Crippen LogP) is 0.0593. The summed E-state index contributed by atoms with van der Waals surface area (Å²) < 4.78 is 16.6. The van der Waals surface area contributed by atoms with Crippen LogP contribution in [-0.2, 0) is 19.1 Å². The predicted molar refractivity (Wildman–Crippen MR) is 123 cm³/mol. The number of rotatable bonds is 13. The topological polar surface area (TPSA) is 159 Å². The molecule has 1 heterocycles. The Morgan fingerprint density at radius 3 is 2.44 bits per heavy atom. The van der Waals surface area contributed by atoms with E-state index in [0.717, 1.165) is 0 Å². The number of aliphatic hydroxyl groups excluding tert-OH is 3. The molecule has 0 bridgehead atoms. The molecule has 0 fully saturated rings. The molecule has 0 saturated carbocycles. The Morgan fingerprint density at radius 2 is 1.85 bits per heavy atom. The van der Waals surface area contributed by atoms with Crippen molar-refractivity contribution < 1.29 is 39.1 Å². The van der Waals surface area contributed by atoms with Crippen LogP contribution in [0.1, 0.15) is 45.6 Å². The lowest BCUT2D eigenvalue weighted by Crippen LogP contribution is -2.55. The van der Waals surface area contributed by atoms with Crippen LogP contribution < -0.4 is 15.6 Å². The first-order valence-corrected chi connectivity index (χ1v) is 11.2. The monoisotopic (exact) mass is 481 g/mol. The van der Waals surface area contributed by atoms with Gasteiger partial charge in [-0.25, -0.2) is 10.4 Å². The molecule has 1 aromatic carbocycles. The van der Waals surface area contributed by atoms with Crippen molar-refractivity contribution >= 4 is 17.8 Å². The first-order chi connectivity index (χ1) is 16.1. The molecule has 5 N–H and O–H groups in total. The summed E-state index contributed by atoms with van der Waals surface area (Å²) in [5, 5.41) is 27.3. The second-order valence-corrected chi connectivity index (χ2v) is 8.93. The van der Waals surface area contributed by atoms with E-state index in [-0.39, 0.29) is 45.2 Å². The zero-order valence-corrected chi connectivity index (χ0v) is 19.9. The van der Waals surface area contributed by atoms with Gasteiger partial charge in [0.25, 0.3) is 5.91 Å². The largest absolute Gasteiger partial charge is 0.494 e. The molecular weight excluding hydrogens is 446 g/mol. The van der Waals surface area contributed by atoms with Crippen LogP contribution in [0, 0.1) is 0 Å². The van der Waals surface area contributed by atoms with E-state index in [1.807, 2.05) is 0 Å². The van der Waals surface area contributed by atoms with Crippen LogP contribution in [0.15, 0.2) is 29.3 Å². The average molecular weight is 482 g/mol. The second kappa shape index (κ2) is 12.7. The maximum Gasteiger partial charge on any atom is 0.306 e. The third kappa shape index (κ3) is 8.24. The summed E-state index contributed by atoms with van der Waals surface area (Å²) in [4.78, 5) is 29.9. The molecule has 0 aromatic heterocycles. The van der Waals surface area contributed by atoms with E-state index in [9.17, 15) is 19.8 Å². The zero-order chi connectivity index (χ0) is 25.2. The minimum absolute atomic E-state index is 0.0319. The fraction of sp³-hybridized carbons (Fsp3) is 0.609. The van der Waals surface area contributed by atoms with Crippen LogP contribution >= 0.6 is 0 Å². The summed E-state index contributed by atoms with van der Waals surface area (Å²) in [6.45, 7) is 4.82. The molecule has 0 radical (unpaired) electrons. The number of carbonyl (C=O) groups is 2. The number of hydrogen-bond acceptors (Lipinski definition) is 10. The van der Waals surface area contributed by atoms with Crippen LogP contribution in [-0.4, -0.2) is 83.3 Å². The number of benzene rings is 1. The fourth-order valence-corrected chi connectivity index (χ4v) is 3.04. The maximum absolute atomic E-state index is 13.1. The summed E-state index contributed by atoms with van der Waals surface area (Å²) in [7, 11) is 0. The lowest BCUT2D eigenvalue weighted by atomic mass is 9.94. The highest BCUT2D eigenvalue weighted by Crippen LogP contribution is 2.28. The Labute approximate surface area is 199 Å². The lowest BCUT2D eigenvalue weighted by Gasteiger charge is -2.25. The normalized spacial score (nSPS) is 17.8. The van der Waals surface area contributed by atoms with E-state index < -0.39 is 29.1 Å². The van der Waals surface area contributed by atoms with E-state index in [1.165, 1.54) is 0 Å². The number of nitrogens with zero attached hydrogens (tertiary/aromatic N) is 1. The summed E-state index contributed by atoms with van der Waals surface area (Å²) in [5.74, 6) is -0.179. The average Bonchev–Trinajstić information content (AvgIpc) is 3.24. The number of nitrogens with one attached hydrogen (secondary N) is 2. The standard InChI is InChI=1S/C23H35N3O8/c1-22(2,3)34-19(30)9-10-23(21(31)26-25-17(13-28)14-29)15-33-20(24-23)16-5-7-18(8-6-16)32-12-4-11-27/h5-8,17,25,27-29H,4,9-15H2,1-3H3,(H,26,31)/t23-/m0/s1. The molecule has 190 valence electrons. The van der Waals surface area contributed by atoms with Crippen molar-refractivity contribution in [1.29, 1.82) is 0 Å². The van der Waals surface area contributed by atoms with Crippen molar-refractivity contribution in [3.8, 4) is 5.75 Å². The van der Waals surface area contributed by atoms with Gasteiger partial charge in [-0.2, -0.15) is 0 Å². The molecule has 1 aliphatic heterocycles. The van der Waals surface area contributed by atoms with Gasteiger partial charge < -0.3 is 29.5 Å². The quantitative estimate of drug-likeness (QED) is 0.149. The number of carbonyl (C=O) groups excluding carboxylic acids is 2. The molecule has 0 saturated heterocycles. The smallest absolute Gasteiger partial charge is 0.306 e. The van der Waals surface area contributed by atoms with Crippen LogP contribution in [0.5, 0.6) is 5.75 Å². The molecule has 2 rings (SSSR count). The van der Waals surface area contributed by atoms with Crippen molar-refractivity contribution in [2.24, 2.45) is 4.99 Å².